The van der Waals surface area contributed by atoms with E-state index in [4.69, 9.17) is 5.84 Å². The van der Waals surface area contributed by atoms with Gasteiger partial charge >= 0.3 is 0 Å². The molecule has 0 aromatic heterocycles. The zero-order chi connectivity index (χ0) is 12.3. The summed E-state index contributed by atoms with van der Waals surface area (Å²) in [6.07, 6.45) is 1.69. The molecule has 0 amide bonds. The number of nitrogens with zero attached hydrogens (tertiary/aromatic N) is 1. The molecule has 0 saturated carbocycles. The van der Waals surface area contributed by atoms with Gasteiger partial charge in [0.15, 0.2) is 0 Å². The average Bonchev–Trinajstić information content (AvgIpc) is 2.34. The lowest BCUT2D eigenvalue weighted by Gasteiger charge is -2.08. The molecule has 0 heterocycles. The van der Waals surface area contributed by atoms with Gasteiger partial charge in [0.1, 0.15) is 0 Å². The Bertz CT molecular complexity index is 557. The quantitative estimate of drug-likeness (QED) is 0.474. The normalized spacial score (nSPS) is 10.9. The van der Waals surface area contributed by atoms with Crippen LogP contribution in [0.2, 0.25) is 0 Å². The van der Waals surface area contributed by atoms with Crippen molar-refractivity contribution in [2.24, 2.45) is 10.9 Å². The summed E-state index contributed by atoms with van der Waals surface area (Å²) in [6, 6.07) is 14.6. The maximum Gasteiger partial charge on any atom is 0.0544 e. The Balaban J connectivity index is 2.56. The van der Waals surface area contributed by atoms with E-state index < -0.39 is 0 Å². The molecule has 2 aromatic rings. The molecule has 2 heteroatoms. The smallest absolute Gasteiger partial charge is 0.0544 e. The van der Waals surface area contributed by atoms with Crippen molar-refractivity contribution in [3.8, 4) is 11.1 Å². The van der Waals surface area contributed by atoms with Crippen LogP contribution in [-0.4, -0.2) is 6.21 Å². The van der Waals surface area contributed by atoms with Crippen molar-refractivity contribution in [1.82, 2.24) is 0 Å². The Hall–Kier alpha value is -2.09. The second kappa shape index (κ2) is 4.83. The fourth-order valence-corrected chi connectivity index (χ4v) is 1.86. The molecular formula is C15H16N2. The van der Waals surface area contributed by atoms with Crippen LogP contribution in [0.4, 0.5) is 0 Å². The zero-order valence-electron chi connectivity index (χ0n) is 10.1. The molecule has 0 radical (unpaired) electrons. The maximum atomic E-state index is 5.23. The van der Waals surface area contributed by atoms with E-state index in [0.717, 1.165) is 11.1 Å². The summed E-state index contributed by atoms with van der Waals surface area (Å²) >= 11 is 0. The van der Waals surface area contributed by atoms with E-state index in [1.165, 1.54) is 16.7 Å². The van der Waals surface area contributed by atoms with E-state index in [0.29, 0.717) is 0 Å². The van der Waals surface area contributed by atoms with Gasteiger partial charge in [0, 0.05) is 5.56 Å². The van der Waals surface area contributed by atoms with Gasteiger partial charge in [-0.2, -0.15) is 5.10 Å². The lowest BCUT2D eigenvalue weighted by atomic mass is 9.97. The highest BCUT2D eigenvalue weighted by atomic mass is 15.1. The van der Waals surface area contributed by atoms with Crippen molar-refractivity contribution < 1.29 is 0 Å². The average molecular weight is 224 g/mol. The second-order valence-corrected chi connectivity index (χ2v) is 4.16. The lowest BCUT2D eigenvalue weighted by Crippen LogP contribution is -1.91. The van der Waals surface area contributed by atoms with Gasteiger partial charge in [0.05, 0.1) is 6.21 Å². The molecule has 2 nitrogen and oxygen atoms in total. The van der Waals surface area contributed by atoms with Crippen LogP contribution in [0.3, 0.4) is 0 Å². The van der Waals surface area contributed by atoms with Crippen LogP contribution in [0.1, 0.15) is 16.7 Å². The van der Waals surface area contributed by atoms with Crippen LogP contribution < -0.4 is 5.84 Å². The van der Waals surface area contributed by atoms with Gasteiger partial charge in [-0.1, -0.05) is 42.5 Å². The molecule has 17 heavy (non-hydrogen) atoms. The van der Waals surface area contributed by atoms with E-state index >= 15 is 0 Å². The minimum absolute atomic E-state index is 1.04. The molecule has 0 aliphatic heterocycles. The first-order valence-electron chi connectivity index (χ1n) is 5.62. The van der Waals surface area contributed by atoms with Gasteiger partial charge < -0.3 is 5.84 Å². The van der Waals surface area contributed by atoms with Crippen molar-refractivity contribution in [1.29, 1.82) is 0 Å². The summed E-state index contributed by atoms with van der Waals surface area (Å²) in [5, 5.41) is 3.61. The monoisotopic (exact) mass is 224 g/mol. The third-order valence-corrected chi connectivity index (χ3v) is 2.99. The van der Waals surface area contributed by atoms with Gasteiger partial charge in [-0.25, -0.2) is 0 Å². The highest BCUT2D eigenvalue weighted by Crippen LogP contribution is 2.24. The molecule has 2 N–H and O–H groups in total. The first kappa shape index (κ1) is 11.4. The number of aryl methyl sites for hydroxylation is 2. The number of hydrogen-bond donors (Lipinski definition) is 1. The van der Waals surface area contributed by atoms with E-state index in [1.807, 2.05) is 18.2 Å². The fourth-order valence-electron chi connectivity index (χ4n) is 1.86. The van der Waals surface area contributed by atoms with Crippen LogP contribution in [-0.2, 0) is 0 Å². The summed E-state index contributed by atoms with van der Waals surface area (Å²) in [4.78, 5) is 0. The third kappa shape index (κ3) is 2.36. The third-order valence-electron chi connectivity index (χ3n) is 2.99. The minimum Gasteiger partial charge on any atom is -0.323 e. The first-order chi connectivity index (χ1) is 8.22. The molecule has 2 aromatic carbocycles. The number of hydrazone groups is 1. The molecule has 0 atom stereocenters. The van der Waals surface area contributed by atoms with Crippen molar-refractivity contribution in [3.63, 3.8) is 0 Å². The second-order valence-electron chi connectivity index (χ2n) is 4.16. The van der Waals surface area contributed by atoms with Crippen LogP contribution in [0.5, 0.6) is 0 Å². The zero-order valence-corrected chi connectivity index (χ0v) is 10.1. The standard InChI is InChI=1S/C15H16N2/c1-11-7-8-13(9-12(11)2)15-6-4-3-5-14(15)10-17-16/h3-10H,16H2,1-2H3. The molecule has 0 unspecified atom stereocenters. The predicted molar refractivity (Wildman–Crippen MR) is 73.1 cm³/mol. The van der Waals surface area contributed by atoms with E-state index in [9.17, 15) is 0 Å². The maximum absolute atomic E-state index is 5.23. The molecule has 86 valence electrons. The van der Waals surface area contributed by atoms with Crippen molar-refractivity contribution in [2.75, 3.05) is 0 Å². The predicted octanol–water partition coefficient (Wildman–Crippen LogP) is 3.26. The Morgan fingerprint density at radius 2 is 1.76 bits per heavy atom. The summed E-state index contributed by atoms with van der Waals surface area (Å²) in [7, 11) is 0. The van der Waals surface area contributed by atoms with Gasteiger partial charge in [-0.15, -0.1) is 0 Å². The Labute approximate surface area is 102 Å². The molecule has 0 spiro atoms. The molecule has 0 aliphatic carbocycles. The first-order valence-corrected chi connectivity index (χ1v) is 5.62. The number of rotatable bonds is 2. The SMILES string of the molecule is Cc1ccc(-c2ccccc2C=NN)cc1C. The van der Waals surface area contributed by atoms with Crippen LogP contribution >= 0.6 is 0 Å². The van der Waals surface area contributed by atoms with Gasteiger partial charge in [0.25, 0.3) is 0 Å². The Morgan fingerprint density at radius 3 is 2.47 bits per heavy atom. The molecule has 0 aliphatic rings. The summed E-state index contributed by atoms with van der Waals surface area (Å²) in [6.45, 7) is 4.24. The molecule has 0 bridgehead atoms. The minimum atomic E-state index is 1.04. The van der Waals surface area contributed by atoms with Crippen molar-refractivity contribution in [3.05, 3.63) is 59.2 Å². The van der Waals surface area contributed by atoms with Crippen molar-refractivity contribution in [2.45, 2.75) is 13.8 Å². The highest BCUT2D eigenvalue weighted by molar-refractivity contribution is 5.90. The number of benzene rings is 2. The summed E-state index contributed by atoms with van der Waals surface area (Å²) < 4.78 is 0. The molecule has 0 fully saturated rings. The van der Waals surface area contributed by atoms with Crippen LogP contribution in [0.25, 0.3) is 11.1 Å². The summed E-state index contributed by atoms with van der Waals surface area (Å²) in [5.74, 6) is 5.23. The highest BCUT2D eigenvalue weighted by Gasteiger charge is 2.03. The summed E-state index contributed by atoms with van der Waals surface area (Å²) in [5.41, 5.74) is 5.99. The van der Waals surface area contributed by atoms with Crippen molar-refractivity contribution >= 4 is 6.21 Å². The van der Waals surface area contributed by atoms with Gasteiger partial charge in [-0.05, 0) is 36.1 Å². The van der Waals surface area contributed by atoms with Gasteiger partial charge in [0.2, 0.25) is 0 Å². The Morgan fingerprint density at radius 1 is 1.00 bits per heavy atom. The van der Waals surface area contributed by atoms with Gasteiger partial charge in [-0.3, -0.25) is 0 Å². The number of hydrogen-bond acceptors (Lipinski definition) is 2. The molecule has 2 rings (SSSR count). The van der Waals surface area contributed by atoms with Crippen LogP contribution in [0, 0.1) is 13.8 Å². The number of nitrogens with two attached hydrogens (primary N) is 1. The molecule has 0 saturated heterocycles. The van der Waals surface area contributed by atoms with E-state index in [-0.39, 0.29) is 0 Å². The Kier molecular flexibility index (Phi) is 3.24. The molecular weight excluding hydrogens is 208 g/mol. The van der Waals surface area contributed by atoms with E-state index in [2.05, 4.69) is 43.2 Å². The largest absolute Gasteiger partial charge is 0.323 e. The van der Waals surface area contributed by atoms with Crippen LogP contribution in [0.15, 0.2) is 47.6 Å². The fraction of sp³-hybridized carbons (Fsp3) is 0.133. The van der Waals surface area contributed by atoms with E-state index in [1.54, 1.807) is 6.21 Å². The lowest BCUT2D eigenvalue weighted by molar-refractivity contribution is 1.26. The topological polar surface area (TPSA) is 38.4 Å².